The highest BCUT2D eigenvalue weighted by molar-refractivity contribution is 5.83. The Morgan fingerprint density at radius 3 is 2.16 bits per heavy atom. The molecule has 0 saturated carbocycles. The summed E-state index contributed by atoms with van der Waals surface area (Å²) in [4.78, 5) is 13.6. The number of para-hydroxylation sites is 1. The van der Waals surface area contributed by atoms with Crippen LogP contribution in [-0.2, 0) is 0 Å². The van der Waals surface area contributed by atoms with Crippen molar-refractivity contribution < 1.29 is 14.2 Å². The number of aliphatic hydroxyl groups is 1. The van der Waals surface area contributed by atoms with E-state index in [0.29, 0.717) is 16.4 Å². The molecule has 0 aliphatic heterocycles. The predicted octanol–water partition coefficient (Wildman–Crippen LogP) is 4.04. The van der Waals surface area contributed by atoms with E-state index in [1.54, 1.807) is 24.3 Å². The van der Waals surface area contributed by atoms with Crippen molar-refractivity contribution in [3.05, 3.63) is 105 Å². The molecule has 4 rings (SSSR count). The van der Waals surface area contributed by atoms with Crippen LogP contribution in [0.3, 0.4) is 0 Å². The van der Waals surface area contributed by atoms with Gasteiger partial charge in [-0.3, -0.25) is 4.79 Å². The van der Waals surface area contributed by atoms with E-state index in [-0.39, 0.29) is 22.1 Å². The number of fused-ring (bicyclic) bond motifs is 1. The molecule has 4 nitrogen and oxygen atoms in total. The average Bonchev–Trinajstić information content (AvgIpc) is 2.79. The molecule has 0 aliphatic carbocycles. The van der Waals surface area contributed by atoms with Gasteiger partial charge in [-0.1, -0.05) is 54.1 Å². The van der Waals surface area contributed by atoms with Gasteiger partial charge in [-0.25, -0.2) is 4.39 Å². The molecule has 0 aliphatic rings. The molecule has 0 spiro atoms. The molecule has 0 unspecified atom stereocenters. The number of aliphatic hydroxyl groups excluding tert-OH is 1. The van der Waals surface area contributed by atoms with Gasteiger partial charge in [-0.2, -0.15) is 0 Å². The SMILES string of the molecule is COc1cc2c(cc1F)c(=O)/c(=C(\O)c1ccccc1)c(=C(C)C)n2-c1ccccc1. The van der Waals surface area contributed by atoms with Crippen molar-refractivity contribution in [1.82, 2.24) is 4.57 Å². The van der Waals surface area contributed by atoms with Crippen LogP contribution < -0.4 is 20.7 Å². The van der Waals surface area contributed by atoms with Gasteiger partial charge in [-0.15, -0.1) is 0 Å². The fourth-order valence-corrected chi connectivity index (χ4v) is 3.82. The summed E-state index contributed by atoms with van der Waals surface area (Å²) in [6, 6.07) is 21.0. The maximum absolute atomic E-state index is 14.6. The second-order valence-electron chi connectivity index (χ2n) is 7.44. The van der Waals surface area contributed by atoms with E-state index in [1.165, 1.54) is 19.2 Å². The lowest BCUT2D eigenvalue weighted by Gasteiger charge is -2.16. The summed E-state index contributed by atoms with van der Waals surface area (Å²) in [5.74, 6) is -0.744. The number of hydrogen-bond acceptors (Lipinski definition) is 3. The highest BCUT2D eigenvalue weighted by Gasteiger charge is 2.17. The van der Waals surface area contributed by atoms with Gasteiger partial charge in [-0.05, 0) is 32.0 Å². The summed E-state index contributed by atoms with van der Waals surface area (Å²) in [6.45, 7) is 3.76. The maximum atomic E-state index is 14.6. The van der Waals surface area contributed by atoms with Gasteiger partial charge < -0.3 is 14.4 Å². The Hall–Kier alpha value is -3.86. The zero-order chi connectivity index (χ0) is 22.1. The molecule has 4 aromatic rings. The number of methoxy groups -OCH3 is 1. The number of pyridine rings is 1. The Kier molecular flexibility index (Phi) is 5.34. The molecule has 0 saturated heterocycles. The third-order valence-electron chi connectivity index (χ3n) is 5.22. The fraction of sp³-hybridized carbons (Fsp3) is 0.115. The first-order valence-corrected chi connectivity index (χ1v) is 9.88. The number of aromatic nitrogens is 1. The third-order valence-corrected chi connectivity index (χ3v) is 5.22. The molecular formula is C26H22FNO3. The van der Waals surface area contributed by atoms with E-state index in [0.717, 1.165) is 11.3 Å². The number of benzene rings is 3. The monoisotopic (exact) mass is 415 g/mol. The van der Waals surface area contributed by atoms with Crippen molar-refractivity contribution in [3.8, 4) is 11.4 Å². The van der Waals surface area contributed by atoms with Crippen LogP contribution in [0.15, 0.2) is 77.6 Å². The van der Waals surface area contributed by atoms with Crippen LogP contribution in [0.25, 0.3) is 27.9 Å². The van der Waals surface area contributed by atoms with Crippen molar-refractivity contribution in [3.63, 3.8) is 0 Å². The van der Waals surface area contributed by atoms with E-state index in [4.69, 9.17) is 4.74 Å². The van der Waals surface area contributed by atoms with E-state index < -0.39 is 11.2 Å². The molecular weight excluding hydrogens is 393 g/mol. The topological polar surface area (TPSA) is 51.5 Å². The fourth-order valence-electron chi connectivity index (χ4n) is 3.82. The molecule has 1 aromatic heterocycles. The third kappa shape index (κ3) is 3.48. The van der Waals surface area contributed by atoms with E-state index in [2.05, 4.69) is 0 Å². The maximum Gasteiger partial charge on any atom is 0.201 e. The van der Waals surface area contributed by atoms with Crippen molar-refractivity contribution in [2.24, 2.45) is 0 Å². The summed E-state index contributed by atoms with van der Waals surface area (Å²) in [5, 5.41) is 12.0. The standard InChI is InChI=1S/C26H22FNO3/c1-16(2)24-23(25(29)17-10-6-4-7-11-17)26(30)19-14-20(27)22(31-3)15-21(19)28(24)18-12-8-5-9-13-18/h4-15,29H,1-3H3/b25-23-. The van der Waals surface area contributed by atoms with E-state index >= 15 is 0 Å². The zero-order valence-electron chi connectivity index (χ0n) is 17.5. The first-order valence-electron chi connectivity index (χ1n) is 9.88. The normalized spacial score (nSPS) is 12.0. The van der Waals surface area contributed by atoms with E-state index in [9.17, 15) is 14.3 Å². The van der Waals surface area contributed by atoms with Crippen molar-refractivity contribution in [2.75, 3.05) is 7.11 Å². The molecule has 0 atom stereocenters. The molecule has 5 heteroatoms. The van der Waals surface area contributed by atoms with Crippen LogP contribution in [0.2, 0.25) is 0 Å². The average molecular weight is 415 g/mol. The number of ether oxygens (including phenoxy) is 1. The Labute approximate surface area is 178 Å². The molecule has 1 N–H and O–H groups in total. The molecule has 0 amide bonds. The first kappa shape index (κ1) is 20.4. The summed E-state index contributed by atoms with van der Waals surface area (Å²) in [7, 11) is 1.39. The highest BCUT2D eigenvalue weighted by atomic mass is 19.1. The Balaban J connectivity index is 2.37. The number of rotatable bonds is 3. The minimum atomic E-state index is -0.637. The number of hydrogen-bond donors (Lipinski definition) is 1. The molecule has 1 heterocycles. The Morgan fingerprint density at radius 2 is 1.58 bits per heavy atom. The lowest BCUT2D eigenvalue weighted by Crippen LogP contribution is -2.47. The predicted molar refractivity (Wildman–Crippen MR) is 122 cm³/mol. The number of nitrogens with zero attached hydrogens (tertiary/aromatic N) is 1. The minimum absolute atomic E-state index is 0.0419. The minimum Gasteiger partial charge on any atom is -0.506 e. The second-order valence-corrected chi connectivity index (χ2v) is 7.44. The molecule has 31 heavy (non-hydrogen) atoms. The van der Waals surface area contributed by atoms with Crippen molar-refractivity contribution in [2.45, 2.75) is 13.8 Å². The van der Waals surface area contributed by atoms with Gasteiger partial charge in [0.15, 0.2) is 11.6 Å². The first-order chi connectivity index (χ1) is 14.9. The van der Waals surface area contributed by atoms with Gasteiger partial charge in [0.2, 0.25) is 5.43 Å². The smallest absolute Gasteiger partial charge is 0.201 e. The Bertz CT molecular complexity index is 1450. The summed E-state index contributed by atoms with van der Waals surface area (Å²) >= 11 is 0. The van der Waals surface area contributed by atoms with Crippen LogP contribution in [0.1, 0.15) is 19.4 Å². The molecule has 156 valence electrons. The van der Waals surface area contributed by atoms with Crippen molar-refractivity contribution >= 4 is 22.2 Å². The van der Waals surface area contributed by atoms with Crippen LogP contribution in [0.5, 0.6) is 5.75 Å². The van der Waals surface area contributed by atoms with Crippen LogP contribution in [0, 0.1) is 5.82 Å². The molecule has 0 fully saturated rings. The summed E-state index contributed by atoms with van der Waals surface area (Å²) in [5.41, 5.74) is 2.16. The number of halogens is 1. The lowest BCUT2D eigenvalue weighted by molar-refractivity contribution is 0.387. The lowest BCUT2D eigenvalue weighted by atomic mass is 10.1. The van der Waals surface area contributed by atoms with Gasteiger partial charge in [0.1, 0.15) is 5.76 Å². The van der Waals surface area contributed by atoms with Gasteiger partial charge in [0.05, 0.1) is 28.6 Å². The van der Waals surface area contributed by atoms with E-state index in [1.807, 2.05) is 54.8 Å². The second kappa shape index (κ2) is 8.11. The highest BCUT2D eigenvalue weighted by Crippen LogP contribution is 2.23. The quantitative estimate of drug-likeness (QED) is 0.549. The summed E-state index contributed by atoms with van der Waals surface area (Å²) < 4.78 is 21.6. The van der Waals surface area contributed by atoms with Crippen LogP contribution >= 0.6 is 0 Å². The Morgan fingerprint density at radius 1 is 0.968 bits per heavy atom. The van der Waals surface area contributed by atoms with Crippen LogP contribution in [-0.4, -0.2) is 16.8 Å². The van der Waals surface area contributed by atoms with Gasteiger partial charge in [0, 0.05) is 17.3 Å². The van der Waals surface area contributed by atoms with Gasteiger partial charge >= 0.3 is 0 Å². The van der Waals surface area contributed by atoms with Gasteiger partial charge in [0.25, 0.3) is 0 Å². The zero-order valence-corrected chi connectivity index (χ0v) is 17.5. The molecule has 3 aromatic carbocycles. The molecule has 0 radical (unpaired) electrons. The van der Waals surface area contributed by atoms with Crippen molar-refractivity contribution in [1.29, 1.82) is 0 Å². The summed E-state index contributed by atoms with van der Waals surface area (Å²) in [6.07, 6.45) is 0. The largest absolute Gasteiger partial charge is 0.506 e. The molecule has 0 bridgehead atoms. The van der Waals surface area contributed by atoms with Crippen LogP contribution in [0.4, 0.5) is 4.39 Å².